The second-order valence-corrected chi connectivity index (χ2v) is 3.71. The zero-order valence-corrected chi connectivity index (χ0v) is 10.1. The second kappa shape index (κ2) is 7.39. The van der Waals surface area contributed by atoms with Crippen molar-refractivity contribution in [3.05, 3.63) is 30.1 Å². The number of hydrogen-bond donors (Lipinski definition) is 3. The highest BCUT2D eigenvalue weighted by atomic mass is 19.1. The van der Waals surface area contributed by atoms with Crippen LogP contribution in [0, 0.1) is 5.82 Å². The smallest absolute Gasteiger partial charge is 0.238 e. The zero-order valence-electron chi connectivity index (χ0n) is 10.1. The van der Waals surface area contributed by atoms with E-state index in [0.29, 0.717) is 18.8 Å². The Balaban J connectivity index is 2.17. The summed E-state index contributed by atoms with van der Waals surface area (Å²) in [4.78, 5) is 22.0. The molecule has 5 nitrogen and oxygen atoms in total. The molecule has 98 valence electrons. The van der Waals surface area contributed by atoms with E-state index in [1.54, 1.807) is 0 Å². The fourth-order valence-electron chi connectivity index (χ4n) is 1.27. The van der Waals surface area contributed by atoms with Gasteiger partial charge in [-0.05, 0) is 24.3 Å². The molecule has 0 atom stereocenters. The van der Waals surface area contributed by atoms with Crippen LogP contribution < -0.4 is 16.0 Å². The first-order valence-corrected chi connectivity index (χ1v) is 5.58. The van der Waals surface area contributed by atoms with Crippen molar-refractivity contribution >= 4 is 17.5 Å². The first-order chi connectivity index (χ1) is 8.58. The molecule has 1 rings (SSSR count). The topological polar surface area (TPSA) is 70.2 Å². The number of hydrogen-bond acceptors (Lipinski definition) is 3. The normalized spacial score (nSPS) is 9.89. The number of rotatable bonds is 6. The van der Waals surface area contributed by atoms with Gasteiger partial charge in [0.05, 0.1) is 6.54 Å². The lowest BCUT2D eigenvalue weighted by molar-refractivity contribution is -0.118. The van der Waals surface area contributed by atoms with Crippen LogP contribution in [0.2, 0.25) is 0 Å². The van der Waals surface area contributed by atoms with E-state index in [4.69, 9.17) is 0 Å². The summed E-state index contributed by atoms with van der Waals surface area (Å²) in [6.45, 7) is 2.55. The van der Waals surface area contributed by atoms with Gasteiger partial charge < -0.3 is 16.0 Å². The molecule has 1 aromatic carbocycles. The van der Waals surface area contributed by atoms with Crippen molar-refractivity contribution in [3.8, 4) is 0 Å². The first kappa shape index (κ1) is 14.1. The van der Waals surface area contributed by atoms with Crippen LogP contribution >= 0.6 is 0 Å². The third kappa shape index (κ3) is 5.95. The summed E-state index contributed by atoms with van der Waals surface area (Å²) in [7, 11) is 0. The van der Waals surface area contributed by atoms with Crippen molar-refractivity contribution in [1.29, 1.82) is 0 Å². The third-order valence-corrected chi connectivity index (χ3v) is 2.09. The van der Waals surface area contributed by atoms with Crippen molar-refractivity contribution in [2.75, 3.05) is 25.0 Å². The molecule has 0 fully saturated rings. The molecule has 0 aliphatic heterocycles. The lowest BCUT2D eigenvalue weighted by Gasteiger charge is -2.07. The Labute approximate surface area is 105 Å². The first-order valence-electron chi connectivity index (χ1n) is 5.58. The van der Waals surface area contributed by atoms with Gasteiger partial charge in [0.2, 0.25) is 11.8 Å². The van der Waals surface area contributed by atoms with Gasteiger partial charge in [0.1, 0.15) is 5.82 Å². The van der Waals surface area contributed by atoms with Crippen LogP contribution in [0.15, 0.2) is 24.3 Å². The van der Waals surface area contributed by atoms with Crippen molar-refractivity contribution in [2.24, 2.45) is 0 Å². The SMILES string of the molecule is CC(=O)NCCNCC(=O)Nc1ccc(F)cc1. The van der Waals surface area contributed by atoms with Gasteiger partial charge in [-0.15, -0.1) is 0 Å². The molecule has 0 unspecified atom stereocenters. The standard InChI is InChI=1S/C12H16FN3O2/c1-9(17)15-7-6-14-8-12(18)16-11-4-2-10(13)3-5-11/h2-5,14H,6-8H2,1H3,(H,15,17)(H,16,18). The van der Waals surface area contributed by atoms with Crippen LogP contribution in [0.25, 0.3) is 0 Å². The molecule has 0 bridgehead atoms. The summed E-state index contributed by atoms with van der Waals surface area (Å²) in [6, 6.07) is 5.54. The molecule has 0 aliphatic carbocycles. The summed E-state index contributed by atoms with van der Waals surface area (Å²) in [6.07, 6.45) is 0. The zero-order chi connectivity index (χ0) is 13.4. The molecule has 0 radical (unpaired) electrons. The van der Waals surface area contributed by atoms with Crippen LogP contribution in [0.3, 0.4) is 0 Å². The highest BCUT2D eigenvalue weighted by molar-refractivity contribution is 5.92. The number of nitrogens with one attached hydrogen (secondary N) is 3. The quantitative estimate of drug-likeness (QED) is 0.646. The Kier molecular flexibility index (Phi) is 5.79. The van der Waals surface area contributed by atoms with Gasteiger partial charge in [-0.2, -0.15) is 0 Å². The number of anilines is 1. The average Bonchev–Trinajstić information content (AvgIpc) is 2.31. The van der Waals surface area contributed by atoms with Crippen molar-refractivity contribution in [1.82, 2.24) is 10.6 Å². The van der Waals surface area contributed by atoms with Crippen molar-refractivity contribution in [3.63, 3.8) is 0 Å². The van der Waals surface area contributed by atoms with Gasteiger partial charge in [0, 0.05) is 25.7 Å². The number of carbonyl (C=O) groups excluding carboxylic acids is 2. The van der Waals surface area contributed by atoms with E-state index >= 15 is 0 Å². The van der Waals surface area contributed by atoms with E-state index in [2.05, 4.69) is 16.0 Å². The van der Waals surface area contributed by atoms with E-state index < -0.39 is 0 Å². The summed E-state index contributed by atoms with van der Waals surface area (Å²) in [5, 5.41) is 8.09. The van der Waals surface area contributed by atoms with Crippen molar-refractivity contribution in [2.45, 2.75) is 6.92 Å². The molecule has 0 aromatic heterocycles. The number of carbonyl (C=O) groups is 2. The van der Waals surface area contributed by atoms with Crippen LogP contribution in [0.1, 0.15) is 6.92 Å². The fourth-order valence-corrected chi connectivity index (χ4v) is 1.27. The number of amides is 2. The van der Waals surface area contributed by atoms with E-state index in [1.807, 2.05) is 0 Å². The monoisotopic (exact) mass is 253 g/mol. The Morgan fingerprint density at radius 2 is 1.83 bits per heavy atom. The summed E-state index contributed by atoms with van der Waals surface area (Å²) in [5.74, 6) is -0.668. The van der Waals surface area contributed by atoms with Crippen LogP contribution in [0.4, 0.5) is 10.1 Å². The maximum atomic E-state index is 12.6. The molecular formula is C12H16FN3O2. The summed E-state index contributed by atoms with van der Waals surface area (Å²) in [5.41, 5.74) is 0.546. The van der Waals surface area contributed by atoms with Gasteiger partial charge in [0.15, 0.2) is 0 Å². The lowest BCUT2D eigenvalue weighted by Crippen LogP contribution is -2.34. The van der Waals surface area contributed by atoms with Crippen LogP contribution in [0.5, 0.6) is 0 Å². The molecule has 3 N–H and O–H groups in total. The van der Waals surface area contributed by atoms with E-state index in [-0.39, 0.29) is 24.2 Å². The molecule has 0 heterocycles. The summed E-state index contributed by atoms with van der Waals surface area (Å²) >= 11 is 0. The van der Waals surface area contributed by atoms with Gasteiger partial charge in [-0.3, -0.25) is 9.59 Å². The molecule has 6 heteroatoms. The van der Waals surface area contributed by atoms with Crippen LogP contribution in [-0.2, 0) is 9.59 Å². The minimum absolute atomic E-state index is 0.104. The van der Waals surface area contributed by atoms with Crippen LogP contribution in [-0.4, -0.2) is 31.4 Å². The number of halogens is 1. The predicted octanol–water partition coefficient (Wildman–Crippen LogP) is 0.490. The molecule has 0 saturated heterocycles. The van der Waals surface area contributed by atoms with E-state index in [9.17, 15) is 14.0 Å². The van der Waals surface area contributed by atoms with Gasteiger partial charge in [-0.1, -0.05) is 0 Å². The minimum Gasteiger partial charge on any atom is -0.355 e. The number of benzene rings is 1. The molecule has 0 aliphatic rings. The molecule has 18 heavy (non-hydrogen) atoms. The maximum absolute atomic E-state index is 12.6. The van der Waals surface area contributed by atoms with Gasteiger partial charge in [0.25, 0.3) is 0 Å². The minimum atomic E-state index is -0.346. The van der Waals surface area contributed by atoms with E-state index in [1.165, 1.54) is 31.2 Å². The Morgan fingerprint density at radius 3 is 2.44 bits per heavy atom. The molecule has 0 spiro atoms. The Bertz CT molecular complexity index is 406. The third-order valence-electron chi connectivity index (χ3n) is 2.09. The molecule has 2 amide bonds. The maximum Gasteiger partial charge on any atom is 0.238 e. The average molecular weight is 253 g/mol. The predicted molar refractivity (Wildman–Crippen MR) is 66.6 cm³/mol. The molecule has 1 aromatic rings. The second-order valence-electron chi connectivity index (χ2n) is 3.71. The van der Waals surface area contributed by atoms with Gasteiger partial charge in [-0.25, -0.2) is 4.39 Å². The Morgan fingerprint density at radius 1 is 1.17 bits per heavy atom. The molecule has 0 saturated carbocycles. The fraction of sp³-hybridized carbons (Fsp3) is 0.333. The highest BCUT2D eigenvalue weighted by Crippen LogP contribution is 2.07. The van der Waals surface area contributed by atoms with E-state index in [0.717, 1.165) is 0 Å². The summed E-state index contributed by atoms with van der Waals surface area (Å²) < 4.78 is 12.6. The Hall–Kier alpha value is -1.95. The van der Waals surface area contributed by atoms with Gasteiger partial charge >= 0.3 is 0 Å². The van der Waals surface area contributed by atoms with Crippen molar-refractivity contribution < 1.29 is 14.0 Å². The molecular weight excluding hydrogens is 237 g/mol. The lowest BCUT2D eigenvalue weighted by atomic mass is 10.3. The highest BCUT2D eigenvalue weighted by Gasteiger charge is 2.01. The largest absolute Gasteiger partial charge is 0.355 e.